The molecule has 3 rings (SSSR count). The van der Waals surface area contributed by atoms with Gasteiger partial charge in [0.2, 0.25) is 0 Å². The van der Waals surface area contributed by atoms with Crippen molar-refractivity contribution in [3.63, 3.8) is 0 Å². The zero-order valence-electron chi connectivity index (χ0n) is 11.2. The highest BCUT2D eigenvalue weighted by molar-refractivity contribution is 6.29. The van der Waals surface area contributed by atoms with Gasteiger partial charge in [-0.1, -0.05) is 24.4 Å². The van der Waals surface area contributed by atoms with Gasteiger partial charge in [0.05, 0.1) is 0 Å². The molecule has 0 spiro atoms. The molecule has 1 aliphatic heterocycles. The largest absolute Gasteiger partial charge is 0.382 e. The summed E-state index contributed by atoms with van der Waals surface area (Å²) in [5.41, 5.74) is 1.10. The molecule has 1 aromatic heterocycles. The van der Waals surface area contributed by atoms with E-state index in [1.54, 1.807) is 6.20 Å². The van der Waals surface area contributed by atoms with E-state index in [9.17, 15) is 0 Å². The van der Waals surface area contributed by atoms with Crippen LogP contribution in [-0.2, 0) is 0 Å². The number of aromatic nitrogens is 1. The number of piperidine rings is 1. The Bertz CT molecular complexity index is 418. The summed E-state index contributed by atoms with van der Waals surface area (Å²) in [4.78, 5) is 4.04. The van der Waals surface area contributed by atoms with Crippen LogP contribution in [0.5, 0.6) is 0 Å². The number of rotatable bonds is 3. The third-order valence-corrected chi connectivity index (χ3v) is 4.72. The molecule has 0 radical (unpaired) electrons. The first-order chi connectivity index (χ1) is 9.33. The van der Waals surface area contributed by atoms with Crippen LogP contribution in [0.15, 0.2) is 18.3 Å². The van der Waals surface area contributed by atoms with E-state index >= 15 is 0 Å². The summed E-state index contributed by atoms with van der Waals surface area (Å²) in [6.45, 7) is 1.19. The summed E-state index contributed by atoms with van der Waals surface area (Å²) >= 11 is 5.95. The van der Waals surface area contributed by atoms with Gasteiger partial charge in [-0.3, -0.25) is 0 Å². The molecule has 2 fully saturated rings. The highest BCUT2D eigenvalue weighted by Gasteiger charge is 2.34. The number of pyridine rings is 1. The van der Waals surface area contributed by atoms with E-state index < -0.39 is 0 Å². The Morgan fingerprint density at radius 1 is 1.21 bits per heavy atom. The first kappa shape index (κ1) is 13.2. The highest BCUT2D eigenvalue weighted by Crippen LogP contribution is 2.33. The van der Waals surface area contributed by atoms with Crippen LogP contribution in [0.1, 0.15) is 38.5 Å². The van der Waals surface area contributed by atoms with Crippen molar-refractivity contribution in [2.45, 2.75) is 50.6 Å². The zero-order chi connectivity index (χ0) is 13.1. The summed E-state index contributed by atoms with van der Waals surface area (Å²) in [7, 11) is 0. The maximum atomic E-state index is 5.95. The van der Waals surface area contributed by atoms with E-state index in [2.05, 4.69) is 15.6 Å². The molecule has 0 amide bonds. The van der Waals surface area contributed by atoms with Crippen LogP contribution in [0.3, 0.4) is 0 Å². The van der Waals surface area contributed by atoms with Crippen LogP contribution in [-0.4, -0.2) is 23.6 Å². The van der Waals surface area contributed by atoms with Gasteiger partial charge >= 0.3 is 0 Å². The third kappa shape index (κ3) is 3.21. The van der Waals surface area contributed by atoms with Crippen molar-refractivity contribution < 1.29 is 0 Å². The van der Waals surface area contributed by atoms with Crippen molar-refractivity contribution in [3.8, 4) is 0 Å². The second-order valence-electron chi connectivity index (χ2n) is 5.77. The predicted octanol–water partition coefficient (Wildman–Crippen LogP) is 3.46. The van der Waals surface area contributed by atoms with Crippen LogP contribution in [0.4, 0.5) is 5.69 Å². The molecular formula is C15H22ClN3. The van der Waals surface area contributed by atoms with Gasteiger partial charge in [0.1, 0.15) is 5.15 Å². The van der Waals surface area contributed by atoms with Crippen molar-refractivity contribution in [1.29, 1.82) is 0 Å². The molecule has 0 bridgehead atoms. The van der Waals surface area contributed by atoms with Gasteiger partial charge < -0.3 is 10.6 Å². The Morgan fingerprint density at radius 3 is 2.95 bits per heavy atom. The van der Waals surface area contributed by atoms with Crippen molar-refractivity contribution in [2.75, 3.05) is 11.9 Å². The fourth-order valence-electron chi connectivity index (χ4n) is 3.60. The summed E-state index contributed by atoms with van der Waals surface area (Å²) < 4.78 is 0. The Hall–Kier alpha value is -0.800. The second-order valence-corrected chi connectivity index (χ2v) is 6.16. The van der Waals surface area contributed by atoms with Crippen LogP contribution in [0.25, 0.3) is 0 Å². The normalized spacial score (nSPS) is 31.3. The lowest BCUT2D eigenvalue weighted by Gasteiger charge is -2.33. The summed E-state index contributed by atoms with van der Waals surface area (Å²) in [5, 5.41) is 7.94. The molecule has 19 heavy (non-hydrogen) atoms. The van der Waals surface area contributed by atoms with E-state index in [1.165, 1.54) is 45.1 Å². The lowest BCUT2D eigenvalue weighted by molar-refractivity contribution is 0.286. The molecule has 2 N–H and O–H groups in total. The van der Waals surface area contributed by atoms with Crippen molar-refractivity contribution >= 4 is 17.3 Å². The molecule has 3 unspecified atom stereocenters. The number of nitrogens with zero attached hydrogens (tertiary/aromatic N) is 1. The second kappa shape index (κ2) is 6.10. The highest BCUT2D eigenvalue weighted by atomic mass is 35.5. The maximum absolute atomic E-state index is 5.95. The predicted molar refractivity (Wildman–Crippen MR) is 79.6 cm³/mol. The number of halogens is 1. The average molecular weight is 280 g/mol. The Balaban J connectivity index is 1.65. The van der Waals surface area contributed by atoms with E-state index in [0.717, 1.165) is 11.6 Å². The molecular weight excluding hydrogens is 258 g/mol. The first-order valence-corrected chi connectivity index (χ1v) is 7.82. The quantitative estimate of drug-likeness (QED) is 0.832. The van der Waals surface area contributed by atoms with Gasteiger partial charge in [-0.05, 0) is 50.3 Å². The first-order valence-electron chi connectivity index (χ1n) is 7.44. The van der Waals surface area contributed by atoms with Gasteiger partial charge in [0.15, 0.2) is 0 Å². The lowest BCUT2D eigenvalue weighted by atomic mass is 9.88. The number of hydrogen-bond donors (Lipinski definition) is 2. The molecule has 4 heteroatoms. The Labute approximate surface area is 120 Å². The zero-order valence-corrected chi connectivity index (χ0v) is 12.0. The molecule has 1 saturated carbocycles. The molecule has 3 atom stereocenters. The molecule has 2 aliphatic rings. The van der Waals surface area contributed by atoms with Crippen LogP contribution >= 0.6 is 11.6 Å². The Morgan fingerprint density at radius 2 is 2.16 bits per heavy atom. The van der Waals surface area contributed by atoms with Gasteiger partial charge in [-0.2, -0.15) is 0 Å². The molecule has 1 saturated heterocycles. The standard InChI is InChI=1S/C15H22ClN3/c16-15-10-11(7-9-18-15)19-14-6-3-4-12(14)13-5-1-2-8-17-13/h7,9-10,12-14,17H,1-6,8H2,(H,18,19). The van der Waals surface area contributed by atoms with Crippen LogP contribution < -0.4 is 10.6 Å². The molecule has 1 aliphatic carbocycles. The van der Waals surface area contributed by atoms with Crippen molar-refractivity contribution in [3.05, 3.63) is 23.5 Å². The average Bonchev–Trinajstić information content (AvgIpc) is 2.88. The van der Waals surface area contributed by atoms with Gasteiger partial charge in [0.25, 0.3) is 0 Å². The number of hydrogen-bond acceptors (Lipinski definition) is 3. The van der Waals surface area contributed by atoms with Crippen LogP contribution in [0.2, 0.25) is 5.15 Å². The minimum Gasteiger partial charge on any atom is -0.382 e. The van der Waals surface area contributed by atoms with E-state index in [0.29, 0.717) is 17.2 Å². The van der Waals surface area contributed by atoms with Gasteiger partial charge in [-0.15, -0.1) is 0 Å². The summed E-state index contributed by atoms with van der Waals surface area (Å²) in [6, 6.07) is 5.21. The van der Waals surface area contributed by atoms with E-state index in [4.69, 9.17) is 11.6 Å². The van der Waals surface area contributed by atoms with Crippen molar-refractivity contribution in [2.24, 2.45) is 5.92 Å². The van der Waals surface area contributed by atoms with Gasteiger partial charge in [-0.25, -0.2) is 4.98 Å². The number of nitrogens with one attached hydrogen (secondary N) is 2. The van der Waals surface area contributed by atoms with Crippen molar-refractivity contribution in [1.82, 2.24) is 10.3 Å². The fourth-order valence-corrected chi connectivity index (χ4v) is 3.77. The Kier molecular flexibility index (Phi) is 4.24. The monoisotopic (exact) mass is 279 g/mol. The topological polar surface area (TPSA) is 37.0 Å². The molecule has 0 aromatic carbocycles. The minimum atomic E-state index is 0.565. The summed E-state index contributed by atoms with van der Waals surface area (Å²) in [5.74, 6) is 0.757. The van der Waals surface area contributed by atoms with E-state index in [1.807, 2.05) is 12.1 Å². The third-order valence-electron chi connectivity index (χ3n) is 4.51. The molecule has 2 heterocycles. The summed E-state index contributed by atoms with van der Waals surface area (Å²) in [6.07, 6.45) is 9.76. The van der Waals surface area contributed by atoms with Crippen LogP contribution in [0, 0.1) is 5.92 Å². The maximum Gasteiger partial charge on any atom is 0.131 e. The SMILES string of the molecule is Clc1cc(NC2CCCC2C2CCCCN2)ccn1. The molecule has 3 nitrogen and oxygen atoms in total. The molecule has 104 valence electrons. The number of anilines is 1. The van der Waals surface area contributed by atoms with Gasteiger partial charge in [0, 0.05) is 24.0 Å². The minimum absolute atomic E-state index is 0.565. The fraction of sp³-hybridized carbons (Fsp3) is 0.667. The molecule has 1 aromatic rings. The lowest BCUT2D eigenvalue weighted by Crippen LogP contribution is -2.44. The smallest absolute Gasteiger partial charge is 0.131 e. The van der Waals surface area contributed by atoms with E-state index in [-0.39, 0.29) is 0 Å².